The minimum absolute atomic E-state index is 0.106. The van der Waals surface area contributed by atoms with Crippen molar-refractivity contribution in [3.05, 3.63) is 63.1 Å². The summed E-state index contributed by atoms with van der Waals surface area (Å²) in [6, 6.07) is 10.7. The van der Waals surface area contributed by atoms with Crippen molar-refractivity contribution in [3.63, 3.8) is 0 Å². The fourth-order valence-corrected chi connectivity index (χ4v) is 6.67. The second kappa shape index (κ2) is 13.8. The van der Waals surface area contributed by atoms with E-state index in [4.69, 9.17) is 23.2 Å². The third-order valence-electron chi connectivity index (χ3n) is 7.92. The molecule has 1 heterocycles. The first kappa shape index (κ1) is 33.3. The first-order chi connectivity index (χ1) is 19.6. The molecule has 10 heteroatoms. The molecule has 0 fully saturated rings. The van der Waals surface area contributed by atoms with E-state index >= 15 is 0 Å². The number of nitrogens with zero attached hydrogens (tertiary/aromatic N) is 1. The molecule has 1 amide bonds. The molecule has 8 nitrogen and oxygen atoms in total. The fourth-order valence-electron chi connectivity index (χ4n) is 6.10. The van der Waals surface area contributed by atoms with Crippen LogP contribution in [-0.2, 0) is 35.3 Å². The number of benzene rings is 2. The number of anilines is 1. The highest BCUT2D eigenvalue weighted by Crippen LogP contribution is 2.39. The Morgan fingerprint density at radius 3 is 2.07 bits per heavy atom. The van der Waals surface area contributed by atoms with Gasteiger partial charge in [0, 0.05) is 58.9 Å². The molecular weight excluding hydrogens is 579 g/mol. The summed E-state index contributed by atoms with van der Waals surface area (Å²) in [6.45, 7) is 7.40. The fraction of sp³-hybridized carbons (Fsp3) is 0.438. The topological polar surface area (TPSA) is 118 Å². The van der Waals surface area contributed by atoms with E-state index in [2.05, 4.69) is 10.2 Å². The summed E-state index contributed by atoms with van der Waals surface area (Å²) < 4.78 is 0. The third kappa shape index (κ3) is 7.60. The smallest absolute Gasteiger partial charge is 0.235 e. The second-order valence-electron chi connectivity index (χ2n) is 11.3. The molecule has 1 aliphatic rings. The van der Waals surface area contributed by atoms with Gasteiger partial charge in [0.25, 0.3) is 0 Å². The van der Waals surface area contributed by atoms with E-state index in [9.17, 15) is 28.8 Å². The number of amides is 1. The van der Waals surface area contributed by atoms with Gasteiger partial charge in [-0.3, -0.25) is 24.0 Å². The van der Waals surface area contributed by atoms with Gasteiger partial charge in [0.2, 0.25) is 5.91 Å². The number of Topliss-reactive ketones (excluding diaryl/α,β-unsaturated/α-hetero) is 5. The van der Waals surface area contributed by atoms with Crippen LogP contribution < -0.4 is 5.32 Å². The van der Waals surface area contributed by atoms with Gasteiger partial charge in [-0.25, -0.2) is 0 Å². The summed E-state index contributed by atoms with van der Waals surface area (Å²) in [5.41, 5.74) is 3.22. The molecule has 1 unspecified atom stereocenters. The van der Waals surface area contributed by atoms with E-state index < -0.39 is 52.7 Å². The first-order valence-corrected chi connectivity index (χ1v) is 14.5. The Morgan fingerprint density at radius 1 is 0.881 bits per heavy atom. The van der Waals surface area contributed by atoms with Crippen LogP contribution in [0.25, 0.3) is 0 Å². The highest BCUT2D eigenvalue weighted by atomic mass is 35.5. The van der Waals surface area contributed by atoms with Crippen LogP contribution in [0.2, 0.25) is 10.0 Å². The number of halogens is 2. The summed E-state index contributed by atoms with van der Waals surface area (Å²) in [5, 5.41) is 3.85. The van der Waals surface area contributed by atoms with Crippen LogP contribution in [0.4, 0.5) is 5.69 Å². The van der Waals surface area contributed by atoms with Crippen LogP contribution in [-0.4, -0.2) is 53.3 Å². The summed E-state index contributed by atoms with van der Waals surface area (Å²) in [7, 11) is 1.98. The lowest BCUT2D eigenvalue weighted by molar-refractivity contribution is -0.146. The zero-order chi connectivity index (χ0) is 31.5. The predicted octanol–water partition coefficient (Wildman–Crippen LogP) is 5.31. The summed E-state index contributed by atoms with van der Waals surface area (Å²) in [4.78, 5) is 79.0. The lowest BCUT2D eigenvalue weighted by atomic mass is 9.67. The van der Waals surface area contributed by atoms with Crippen molar-refractivity contribution in [1.29, 1.82) is 0 Å². The van der Waals surface area contributed by atoms with Crippen molar-refractivity contribution in [2.45, 2.75) is 53.5 Å². The minimum Gasteiger partial charge on any atom is -0.325 e. The standard InChI is InChI=1S/C32H36Cl2N2O6/c1-16(37)10-24(17(2)38)29(18(3)39)30(19(4)40)31(20(5)41)32(42)35-23-9-7-8-21(11-23)26-14-36(6)15-27-25(26)12-22(33)13-28(27)34/h7-9,11-13,24,26,29-31H,10,14-15H2,1-6H3,(H,35,42)/t24-,26?,29+,30-,31-/m0/s1. The van der Waals surface area contributed by atoms with Gasteiger partial charge < -0.3 is 15.0 Å². The predicted molar refractivity (Wildman–Crippen MR) is 162 cm³/mol. The van der Waals surface area contributed by atoms with Gasteiger partial charge in [-0.1, -0.05) is 35.3 Å². The van der Waals surface area contributed by atoms with Crippen molar-refractivity contribution < 1.29 is 28.8 Å². The van der Waals surface area contributed by atoms with Crippen LogP contribution in [0.3, 0.4) is 0 Å². The summed E-state index contributed by atoms with van der Waals surface area (Å²) >= 11 is 12.8. The summed E-state index contributed by atoms with van der Waals surface area (Å²) in [5.74, 6) is -8.87. The molecule has 0 radical (unpaired) electrons. The number of ketones is 5. The quantitative estimate of drug-likeness (QED) is 0.322. The number of fused-ring (bicyclic) bond motifs is 1. The second-order valence-corrected chi connectivity index (χ2v) is 12.1. The van der Waals surface area contributed by atoms with Crippen LogP contribution >= 0.6 is 23.2 Å². The van der Waals surface area contributed by atoms with E-state index in [1.165, 1.54) is 34.6 Å². The van der Waals surface area contributed by atoms with Gasteiger partial charge >= 0.3 is 0 Å². The number of rotatable bonds is 12. The molecule has 0 saturated carbocycles. The van der Waals surface area contributed by atoms with E-state index in [1.807, 2.05) is 19.2 Å². The van der Waals surface area contributed by atoms with Gasteiger partial charge in [0.1, 0.15) is 34.8 Å². The molecule has 0 aromatic heterocycles. The summed E-state index contributed by atoms with van der Waals surface area (Å²) in [6.07, 6.45) is -0.275. The van der Waals surface area contributed by atoms with Crippen molar-refractivity contribution in [2.24, 2.45) is 23.7 Å². The maximum Gasteiger partial charge on any atom is 0.235 e. The number of likely N-dealkylation sites (N-methyl/N-ethyl adjacent to an activating group) is 1. The number of hydrogen-bond donors (Lipinski definition) is 1. The number of carbonyl (C=O) groups is 6. The van der Waals surface area contributed by atoms with Crippen molar-refractivity contribution in [1.82, 2.24) is 4.90 Å². The van der Waals surface area contributed by atoms with Gasteiger partial charge in [0.05, 0.1) is 0 Å². The zero-order valence-electron chi connectivity index (χ0n) is 24.6. The molecule has 42 heavy (non-hydrogen) atoms. The molecule has 0 bridgehead atoms. The molecule has 5 atom stereocenters. The molecule has 1 N–H and O–H groups in total. The Balaban J connectivity index is 2.00. The Hall–Kier alpha value is -3.20. The monoisotopic (exact) mass is 614 g/mol. The van der Waals surface area contributed by atoms with Crippen LogP contribution in [0.15, 0.2) is 36.4 Å². The van der Waals surface area contributed by atoms with Crippen molar-refractivity contribution in [2.75, 3.05) is 18.9 Å². The number of carbonyl (C=O) groups excluding carboxylic acids is 6. The van der Waals surface area contributed by atoms with Crippen molar-refractivity contribution in [3.8, 4) is 0 Å². The largest absolute Gasteiger partial charge is 0.325 e. The number of nitrogens with one attached hydrogen (secondary N) is 1. The van der Waals surface area contributed by atoms with Gasteiger partial charge in [-0.2, -0.15) is 0 Å². The molecular formula is C32H36Cl2N2O6. The van der Waals surface area contributed by atoms with Crippen LogP contribution in [0.1, 0.15) is 63.6 Å². The Labute approximate surface area is 256 Å². The molecule has 0 spiro atoms. The normalized spacial score (nSPS) is 17.8. The maximum absolute atomic E-state index is 13.7. The minimum atomic E-state index is -1.55. The number of hydrogen-bond acceptors (Lipinski definition) is 7. The van der Waals surface area contributed by atoms with Gasteiger partial charge in [-0.05, 0) is 82.6 Å². The zero-order valence-corrected chi connectivity index (χ0v) is 26.1. The lowest BCUT2D eigenvalue weighted by Gasteiger charge is -2.34. The average molecular weight is 616 g/mol. The van der Waals surface area contributed by atoms with E-state index in [0.29, 0.717) is 28.8 Å². The highest BCUT2D eigenvalue weighted by molar-refractivity contribution is 6.35. The SMILES string of the molecule is CC(=O)C[C@@H](C(C)=O)[C@@H](C(C)=O)[C@H](C(C)=O)[C@H](C(C)=O)C(=O)Nc1cccc(C2CN(C)Cc3c(Cl)cc(Cl)cc32)c1. The average Bonchev–Trinajstić information content (AvgIpc) is 2.87. The van der Waals surface area contributed by atoms with Crippen molar-refractivity contribution >= 4 is 63.7 Å². The third-order valence-corrected chi connectivity index (χ3v) is 8.47. The molecule has 3 rings (SSSR count). The Morgan fingerprint density at radius 2 is 1.52 bits per heavy atom. The van der Waals surface area contributed by atoms with E-state index in [0.717, 1.165) is 16.7 Å². The molecule has 1 aliphatic heterocycles. The lowest BCUT2D eigenvalue weighted by Crippen LogP contribution is -2.47. The first-order valence-electron chi connectivity index (χ1n) is 13.7. The Kier molecular flexibility index (Phi) is 11.0. The van der Waals surface area contributed by atoms with E-state index in [-0.39, 0.29) is 18.1 Å². The molecule has 2 aromatic rings. The maximum atomic E-state index is 13.7. The van der Waals surface area contributed by atoms with Gasteiger partial charge in [0.15, 0.2) is 0 Å². The van der Waals surface area contributed by atoms with E-state index in [1.54, 1.807) is 24.3 Å². The van der Waals surface area contributed by atoms with Crippen LogP contribution in [0, 0.1) is 23.7 Å². The molecule has 224 valence electrons. The molecule has 0 saturated heterocycles. The van der Waals surface area contributed by atoms with Gasteiger partial charge in [-0.15, -0.1) is 0 Å². The highest BCUT2D eigenvalue weighted by Gasteiger charge is 2.46. The Bertz CT molecular complexity index is 1440. The van der Waals surface area contributed by atoms with Crippen LogP contribution in [0.5, 0.6) is 0 Å². The molecule has 0 aliphatic carbocycles. The molecule has 2 aromatic carbocycles.